The summed E-state index contributed by atoms with van der Waals surface area (Å²) in [7, 11) is 0. The molecule has 0 saturated heterocycles. The van der Waals surface area contributed by atoms with Gasteiger partial charge in [-0.3, -0.25) is 0 Å². The van der Waals surface area contributed by atoms with Crippen LogP contribution in [0.3, 0.4) is 0 Å². The lowest BCUT2D eigenvalue weighted by atomic mass is 9.70. The van der Waals surface area contributed by atoms with Crippen LogP contribution in [0, 0.1) is 19.3 Å². The minimum atomic E-state index is 0.592. The molecule has 0 spiro atoms. The van der Waals surface area contributed by atoms with Crippen molar-refractivity contribution in [2.24, 2.45) is 5.41 Å². The molecular formula is C12H19N. The van der Waals surface area contributed by atoms with Crippen LogP contribution < -0.4 is 0 Å². The Morgan fingerprint density at radius 1 is 1.23 bits per heavy atom. The molecule has 72 valence electrons. The van der Waals surface area contributed by atoms with Crippen LogP contribution in [0.1, 0.15) is 37.6 Å². The molecule has 1 aliphatic carbocycles. The van der Waals surface area contributed by atoms with Crippen molar-refractivity contribution in [3.63, 3.8) is 0 Å². The van der Waals surface area contributed by atoms with Gasteiger partial charge in [0.15, 0.2) is 0 Å². The van der Waals surface area contributed by atoms with Gasteiger partial charge in [0.1, 0.15) is 0 Å². The van der Waals surface area contributed by atoms with Gasteiger partial charge in [0, 0.05) is 17.9 Å². The minimum absolute atomic E-state index is 0.592. The highest BCUT2D eigenvalue weighted by Crippen LogP contribution is 2.42. The zero-order valence-electron chi connectivity index (χ0n) is 8.93. The van der Waals surface area contributed by atoms with E-state index in [1.807, 2.05) is 0 Å². The summed E-state index contributed by atoms with van der Waals surface area (Å²) in [6, 6.07) is 4.44. The highest BCUT2D eigenvalue weighted by atomic mass is 15.0. The molecule has 1 aromatic heterocycles. The summed E-state index contributed by atoms with van der Waals surface area (Å²) < 4.78 is 2.46. The summed E-state index contributed by atoms with van der Waals surface area (Å²) in [4.78, 5) is 0. The molecule has 1 heterocycles. The molecule has 1 aromatic rings. The van der Waals surface area contributed by atoms with Crippen LogP contribution in [-0.4, -0.2) is 4.57 Å². The maximum Gasteiger partial charge on any atom is 0.0278 e. The van der Waals surface area contributed by atoms with E-state index >= 15 is 0 Å². The largest absolute Gasteiger partial charge is 0.349 e. The molecule has 13 heavy (non-hydrogen) atoms. The monoisotopic (exact) mass is 177 g/mol. The van der Waals surface area contributed by atoms with Crippen LogP contribution in [0.25, 0.3) is 0 Å². The number of aromatic nitrogens is 1. The lowest BCUT2D eigenvalue weighted by Crippen LogP contribution is -2.31. The van der Waals surface area contributed by atoms with Gasteiger partial charge in [-0.1, -0.05) is 13.3 Å². The van der Waals surface area contributed by atoms with Crippen molar-refractivity contribution in [2.45, 2.75) is 46.6 Å². The number of hydrogen-bond donors (Lipinski definition) is 0. The predicted molar refractivity (Wildman–Crippen MR) is 55.9 cm³/mol. The van der Waals surface area contributed by atoms with Gasteiger partial charge in [0.25, 0.3) is 0 Å². The van der Waals surface area contributed by atoms with E-state index in [4.69, 9.17) is 0 Å². The van der Waals surface area contributed by atoms with Crippen molar-refractivity contribution < 1.29 is 0 Å². The van der Waals surface area contributed by atoms with Crippen LogP contribution in [0.2, 0.25) is 0 Å². The molecular weight excluding hydrogens is 158 g/mol. The fraction of sp³-hybridized carbons (Fsp3) is 0.667. The number of hydrogen-bond acceptors (Lipinski definition) is 0. The molecule has 1 aliphatic rings. The van der Waals surface area contributed by atoms with Crippen LogP contribution in [-0.2, 0) is 6.54 Å². The highest BCUT2D eigenvalue weighted by Gasteiger charge is 2.32. The molecule has 0 aromatic carbocycles. The normalized spacial score (nSPS) is 19.9. The van der Waals surface area contributed by atoms with Gasteiger partial charge < -0.3 is 4.57 Å². The van der Waals surface area contributed by atoms with Crippen molar-refractivity contribution in [1.82, 2.24) is 4.57 Å². The number of aryl methyl sites for hydroxylation is 2. The SMILES string of the molecule is Cc1ccc(C)n1CC1(C)CCC1. The molecule has 0 N–H and O–H groups in total. The second kappa shape index (κ2) is 2.90. The van der Waals surface area contributed by atoms with Crippen LogP contribution >= 0.6 is 0 Å². The lowest BCUT2D eigenvalue weighted by Gasteiger charge is -2.39. The van der Waals surface area contributed by atoms with Gasteiger partial charge in [0.2, 0.25) is 0 Å². The second-order valence-electron chi connectivity index (χ2n) is 4.87. The van der Waals surface area contributed by atoms with Crippen molar-refractivity contribution in [3.05, 3.63) is 23.5 Å². The molecule has 0 bridgehead atoms. The van der Waals surface area contributed by atoms with E-state index in [0.717, 1.165) is 0 Å². The Morgan fingerprint density at radius 3 is 2.15 bits per heavy atom. The highest BCUT2D eigenvalue weighted by molar-refractivity contribution is 5.14. The first-order valence-corrected chi connectivity index (χ1v) is 5.23. The first-order chi connectivity index (χ1) is 6.11. The van der Waals surface area contributed by atoms with E-state index < -0.39 is 0 Å². The molecule has 0 radical (unpaired) electrons. The van der Waals surface area contributed by atoms with Gasteiger partial charge in [-0.05, 0) is 44.2 Å². The first kappa shape index (κ1) is 8.86. The van der Waals surface area contributed by atoms with Crippen molar-refractivity contribution in [2.75, 3.05) is 0 Å². The Bertz CT molecular complexity index is 285. The molecule has 0 atom stereocenters. The van der Waals surface area contributed by atoms with Crippen molar-refractivity contribution in [1.29, 1.82) is 0 Å². The molecule has 1 nitrogen and oxygen atoms in total. The summed E-state index contributed by atoms with van der Waals surface area (Å²) in [5.74, 6) is 0. The molecule has 0 unspecified atom stereocenters. The molecule has 2 rings (SSSR count). The summed E-state index contributed by atoms with van der Waals surface area (Å²) in [6.07, 6.45) is 4.24. The smallest absolute Gasteiger partial charge is 0.0278 e. The standard InChI is InChI=1S/C12H19N/c1-10-5-6-11(2)13(10)9-12(3)7-4-8-12/h5-6H,4,7-9H2,1-3H3. The topological polar surface area (TPSA) is 4.93 Å². The Balaban J connectivity index is 2.17. The molecule has 0 amide bonds. The maximum absolute atomic E-state index is 2.46. The average molecular weight is 177 g/mol. The maximum atomic E-state index is 2.46. The van der Waals surface area contributed by atoms with Crippen molar-refractivity contribution in [3.8, 4) is 0 Å². The lowest BCUT2D eigenvalue weighted by molar-refractivity contribution is 0.130. The third-order valence-electron chi connectivity index (χ3n) is 3.52. The Hall–Kier alpha value is -0.720. The van der Waals surface area contributed by atoms with E-state index in [1.54, 1.807) is 0 Å². The van der Waals surface area contributed by atoms with Gasteiger partial charge in [-0.15, -0.1) is 0 Å². The van der Waals surface area contributed by atoms with Crippen LogP contribution in [0.5, 0.6) is 0 Å². The Morgan fingerprint density at radius 2 is 1.77 bits per heavy atom. The fourth-order valence-corrected chi connectivity index (χ4v) is 2.27. The average Bonchev–Trinajstić information content (AvgIpc) is 2.33. The fourth-order valence-electron chi connectivity index (χ4n) is 2.27. The van der Waals surface area contributed by atoms with Crippen LogP contribution in [0.15, 0.2) is 12.1 Å². The van der Waals surface area contributed by atoms with E-state index in [0.29, 0.717) is 5.41 Å². The van der Waals surface area contributed by atoms with E-state index in [2.05, 4.69) is 37.5 Å². The third-order valence-corrected chi connectivity index (χ3v) is 3.52. The van der Waals surface area contributed by atoms with E-state index in [-0.39, 0.29) is 0 Å². The molecule has 1 saturated carbocycles. The van der Waals surface area contributed by atoms with Gasteiger partial charge in [-0.2, -0.15) is 0 Å². The number of nitrogens with zero attached hydrogens (tertiary/aromatic N) is 1. The third kappa shape index (κ3) is 1.52. The van der Waals surface area contributed by atoms with Gasteiger partial charge in [-0.25, -0.2) is 0 Å². The minimum Gasteiger partial charge on any atom is -0.349 e. The molecule has 1 heteroatoms. The summed E-state index contributed by atoms with van der Waals surface area (Å²) in [5, 5.41) is 0. The Labute approximate surface area is 80.8 Å². The molecule has 0 aliphatic heterocycles. The van der Waals surface area contributed by atoms with Gasteiger partial charge in [0.05, 0.1) is 0 Å². The zero-order chi connectivity index (χ0) is 9.47. The first-order valence-electron chi connectivity index (χ1n) is 5.23. The van der Waals surface area contributed by atoms with Gasteiger partial charge >= 0.3 is 0 Å². The quantitative estimate of drug-likeness (QED) is 0.653. The summed E-state index contributed by atoms with van der Waals surface area (Å²) >= 11 is 0. The number of rotatable bonds is 2. The zero-order valence-corrected chi connectivity index (χ0v) is 8.93. The summed E-state index contributed by atoms with van der Waals surface area (Å²) in [5.41, 5.74) is 3.41. The van der Waals surface area contributed by atoms with Crippen molar-refractivity contribution >= 4 is 0 Å². The van der Waals surface area contributed by atoms with Crippen LogP contribution in [0.4, 0.5) is 0 Å². The second-order valence-corrected chi connectivity index (χ2v) is 4.87. The van der Waals surface area contributed by atoms with E-state index in [1.165, 1.54) is 37.2 Å². The van der Waals surface area contributed by atoms with E-state index in [9.17, 15) is 0 Å². The predicted octanol–water partition coefficient (Wildman–Crippen LogP) is 3.30. The molecule has 1 fully saturated rings. The Kier molecular flexibility index (Phi) is 1.98. The summed E-state index contributed by atoms with van der Waals surface area (Å²) in [6.45, 7) is 8.04.